The van der Waals surface area contributed by atoms with Gasteiger partial charge < -0.3 is 14.8 Å². The minimum atomic E-state index is -0.982. The number of ether oxygens (including phenoxy) is 2. The van der Waals surface area contributed by atoms with E-state index < -0.39 is 23.8 Å². The van der Waals surface area contributed by atoms with E-state index >= 15 is 0 Å². The van der Waals surface area contributed by atoms with E-state index in [1.165, 1.54) is 17.6 Å². The number of thiophene rings is 1. The van der Waals surface area contributed by atoms with Crippen molar-refractivity contribution in [3.05, 3.63) is 81.2 Å². The largest absolute Gasteiger partial charge is 0.462 e. The van der Waals surface area contributed by atoms with Gasteiger partial charge in [0.1, 0.15) is 10.8 Å². The maximum atomic E-state index is 12.6. The first-order valence-electron chi connectivity index (χ1n) is 12.6. The number of esters is 2. The van der Waals surface area contributed by atoms with Crippen LogP contribution in [0.4, 0.5) is 5.00 Å². The summed E-state index contributed by atoms with van der Waals surface area (Å²) < 4.78 is 10.6. The van der Waals surface area contributed by atoms with Crippen molar-refractivity contribution in [2.45, 2.75) is 40.0 Å². The molecule has 1 heterocycles. The highest BCUT2D eigenvalue weighted by atomic mass is 32.1. The molecule has 10 heteroatoms. The third-order valence-electron chi connectivity index (χ3n) is 6.15. The predicted octanol–water partition coefficient (Wildman–Crippen LogP) is 4.67. The number of benzene rings is 2. The van der Waals surface area contributed by atoms with Crippen LogP contribution in [-0.4, -0.2) is 36.6 Å². The Hall–Kier alpha value is -4.31. The van der Waals surface area contributed by atoms with Crippen LogP contribution in [0, 0.1) is 12.8 Å². The van der Waals surface area contributed by atoms with Crippen LogP contribution in [0.2, 0.25) is 0 Å². The molecule has 1 aliphatic carbocycles. The molecule has 202 valence electrons. The highest BCUT2D eigenvalue weighted by Crippen LogP contribution is 2.40. The molecule has 3 aromatic rings. The molecule has 2 amide bonds. The molecule has 0 fully saturated rings. The molecule has 1 atom stereocenters. The van der Waals surface area contributed by atoms with Crippen LogP contribution in [0.3, 0.4) is 0 Å². The van der Waals surface area contributed by atoms with Crippen LogP contribution in [0.25, 0.3) is 0 Å². The summed E-state index contributed by atoms with van der Waals surface area (Å²) in [6, 6.07) is 13.6. The minimum absolute atomic E-state index is 0.207. The van der Waals surface area contributed by atoms with Gasteiger partial charge in [-0.25, -0.2) is 15.0 Å². The summed E-state index contributed by atoms with van der Waals surface area (Å²) in [6.07, 6.45) is 3.82. The maximum absolute atomic E-state index is 12.6. The van der Waals surface area contributed by atoms with Gasteiger partial charge in [0.05, 0.1) is 23.9 Å². The Kier molecular flexibility index (Phi) is 8.88. The second-order valence-corrected chi connectivity index (χ2v) is 10.4. The van der Waals surface area contributed by atoms with Gasteiger partial charge in [0, 0.05) is 4.88 Å². The number of hydrazone groups is 1. The van der Waals surface area contributed by atoms with Gasteiger partial charge in [-0.05, 0) is 86.6 Å². The zero-order valence-electron chi connectivity index (χ0n) is 21.9. The van der Waals surface area contributed by atoms with E-state index in [9.17, 15) is 19.2 Å². The fourth-order valence-electron chi connectivity index (χ4n) is 4.19. The maximum Gasteiger partial charge on any atom is 0.343 e. The fourth-order valence-corrected chi connectivity index (χ4v) is 5.59. The summed E-state index contributed by atoms with van der Waals surface area (Å²) in [6.45, 7) is 5.96. The second-order valence-electron chi connectivity index (χ2n) is 9.26. The molecule has 0 aliphatic heterocycles. The first-order chi connectivity index (χ1) is 18.7. The number of carbonyl (C=O) groups excluding carboxylic acids is 4. The lowest BCUT2D eigenvalue weighted by molar-refractivity contribution is -0.136. The lowest BCUT2D eigenvalue weighted by atomic mass is 9.88. The van der Waals surface area contributed by atoms with E-state index in [1.807, 2.05) is 13.0 Å². The summed E-state index contributed by atoms with van der Waals surface area (Å²) in [4.78, 5) is 50.9. The van der Waals surface area contributed by atoms with Gasteiger partial charge in [0.25, 0.3) is 0 Å². The Morgan fingerprint density at radius 3 is 2.56 bits per heavy atom. The van der Waals surface area contributed by atoms with Crippen LogP contribution < -0.4 is 15.5 Å². The molecule has 4 rings (SSSR count). The third-order valence-corrected chi connectivity index (χ3v) is 7.32. The smallest absolute Gasteiger partial charge is 0.343 e. The number of anilines is 1. The van der Waals surface area contributed by atoms with Crippen molar-refractivity contribution in [1.29, 1.82) is 0 Å². The van der Waals surface area contributed by atoms with Crippen LogP contribution in [-0.2, 0) is 27.2 Å². The number of amides is 2. The summed E-state index contributed by atoms with van der Waals surface area (Å²) >= 11 is 1.30. The molecule has 0 saturated heterocycles. The second kappa shape index (κ2) is 12.5. The molecule has 1 aliphatic rings. The summed E-state index contributed by atoms with van der Waals surface area (Å²) in [5.74, 6) is -2.07. The molecule has 0 saturated carbocycles. The Bertz CT molecular complexity index is 1430. The molecule has 0 radical (unpaired) electrons. The fraction of sp³-hybridized carbons (Fsp3) is 0.276. The van der Waals surface area contributed by atoms with Gasteiger partial charge in [0.15, 0.2) is 0 Å². The normalized spacial score (nSPS) is 14.4. The summed E-state index contributed by atoms with van der Waals surface area (Å²) in [5.41, 5.74) is 5.42. The van der Waals surface area contributed by atoms with Crippen molar-refractivity contribution in [3.63, 3.8) is 0 Å². The minimum Gasteiger partial charge on any atom is -0.462 e. The number of nitrogens with zero attached hydrogens (tertiary/aromatic N) is 1. The molecule has 1 unspecified atom stereocenters. The number of hydrogen-bond acceptors (Lipinski definition) is 8. The van der Waals surface area contributed by atoms with Gasteiger partial charge >= 0.3 is 23.8 Å². The van der Waals surface area contributed by atoms with E-state index in [4.69, 9.17) is 9.47 Å². The number of aryl methyl sites for hydroxylation is 1. The van der Waals surface area contributed by atoms with Crippen molar-refractivity contribution in [1.82, 2.24) is 5.43 Å². The van der Waals surface area contributed by atoms with Crippen LogP contribution in [0.15, 0.2) is 53.6 Å². The molecular formula is C29H29N3O6S. The summed E-state index contributed by atoms with van der Waals surface area (Å²) in [7, 11) is 0. The van der Waals surface area contributed by atoms with E-state index in [0.717, 1.165) is 35.3 Å². The van der Waals surface area contributed by atoms with E-state index in [0.29, 0.717) is 33.4 Å². The quantitative estimate of drug-likeness (QED) is 0.146. The average molecular weight is 548 g/mol. The Morgan fingerprint density at radius 1 is 1.08 bits per heavy atom. The SMILES string of the molecule is CCOC(=O)c1c(NC(=O)C(=O)N/N=C/c2ccc(OC(=O)c3cccc(C)c3)cc2)sc2c1CCC(C)C2. The molecule has 9 nitrogen and oxygen atoms in total. The van der Waals surface area contributed by atoms with Gasteiger partial charge in [0.2, 0.25) is 0 Å². The number of hydrogen-bond donors (Lipinski definition) is 2. The van der Waals surface area contributed by atoms with Crippen LogP contribution >= 0.6 is 11.3 Å². The molecule has 0 spiro atoms. The lowest BCUT2D eigenvalue weighted by Gasteiger charge is -2.18. The molecule has 2 N–H and O–H groups in total. The predicted molar refractivity (Wildman–Crippen MR) is 148 cm³/mol. The van der Waals surface area contributed by atoms with Gasteiger partial charge in [-0.1, -0.05) is 24.6 Å². The number of carbonyl (C=O) groups is 4. The molecule has 2 aromatic carbocycles. The van der Waals surface area contributed by atoms with E-state index in [2.05, 4.69) is 22.8 Å². The van der Waals surface area contributed by atoms with Crippen molar-refractivity contribution in [3.8, 4) is 5.75 Å². The van der Waals surface area contributed by atoms with E-state index in [-0.39, 0.29) is 6.61 Å². The molecule has 1 aromatic heterocycles. The van der Waals surface area contributed by atoms with Crippen LogP contribution in [0.5, 0.6) is 5.75 Å². The van der Waals surface area contributed by atoms with Crippen molar-refractivity contribution >= 4 is 46.3 Å². The molecule has 39 heavy (non-hydrogen) atoms. The van der Waals surface area contributed by atoms with E-state index in [1.54, 1.807) is 49.4 Å². The van der Waals surface area contributed by atoms with Crippen molar-refractivity contribution in [2.24, 2.45) is 11.0 Å². The number of rotatable bonds is 7. The van der Waals surface area contributed by atoms with Gasteiger partial charge in [-0.15, -0.1) is 11.3 Å². The first kappa shape index (κ1) is 27.7. The van der Waals surface area contributed by atoms with Crippen LogP contribution in [0.1, 0.15) is 62.6 Å². The molecular weight excluding hydrogens is 518 g/mol. The average Bonchev–Trinajstić information content (AvgIpc) is 3.26. The third kappa shape index (κ3) is 6.97. The molecule has 0 bridgehead atoms. The number of fused-ring (bicyclic) bond motifs is 1. The zero-order chi connectivity index (χ0) is 27.9. The highest BCUT2D eigenvalue weighted by molar-refractivity contribution is 7.17. The first-order valence-corrected chi connectivity index (χ1v) is 13.4. The topological polar surface area (TPSA) is 123 Å². The summed E-state index contributed by atoms with van der Waals surface area (Å²) in [5, 5.41) is 6.70. The van der Waals surface area contributed by atoms with Crippen molar-refractivity contribution < 1.29 is 28.7 Å². The Labute approximate surface area is 230 Å². The highest BCUT2D eigenvalue weighted by Gasteiger charge is 2.30. The Morgan fingerprint density at radius 2 is 1.85 bits per heavy atom. The van der Waals surface area contributed by atoms with Crippen molar-refractivity contribution in [2.75, 3.05) is 11.9 Å². The number of nitrogens with one attached hydrogen (secondary N) is 2. The monoisotopic (exact) mass is 547 g/mol. The standard InChI is InChI=1S/C29H29N3O6S/c1-4-37-29(36)24-22-13-8-18(3)15-23(22)39-27(24)31-25(33)26(34)32-30-16-19-9-11-21(12-10-19)38-28(35)20-7-5-6-17(2)14-20/h5-7,9-12,14,16,18H,4,8,13,15H2,1-3H3,(H,31,33)(H,32,34)/b30-16+. The zero-order valence-corrected chi connectivity index (χ0v) is 22.7. The lowest BCUT2D eigenvalue weighted by Crippen LogP contribution is -2.32. The van der Waals surface area contributed by atoms with Gasteiger partial charge in [-0.2, -0.15) is 5.10 Å². The van der Waals surface area contributed by atoms with Gasteiger partial charge in [-0.3, -0.25) is 9.59 Å². The Balaban J connectivity index is 1.35.